The summed E-state index contributed by atoms with van der Waals surface area (Å²) < 4.78 is 2.40. The lowest BCUT2D eigenvalue weighted by Gasteiger charge is -2.14. The number of fused-ring (bicyclic) bond motifs is 1. The zero-order valence-electron chi connectivity index (χ0n) is 12.8. The van der Waals surface area contributed by atoms with Crippen molar-refractivity contribution in [2.75, 3.05) is 6.54 Å². The van der Waals surface area contributed by atoms with E-state index in [2.05, 4.69) is 32.2 Å². The fourth-order valence-electron chi connectivity index (χ4n) is 2.04. The second kappa shape index (κ2) is 7.66. The Morgan fingerprint density at radius 1 is 1.57 bits per heavy atom. The Kier molecular flexibility index (Phi) is 5.85. The van der Waals surface area contributed by atoms with Crippen molar-refractivity contribution < 1.29 is 4.79 Å². The smallest absolute Gasteiger partial charge is 0.262 e. The number of hydrogen-bond acceptors (Lipinski definition) is 4. The number of terminal acetylenes is 1. The van der Waals surface area contributed by atoms with Gasteiger partial charge < -0.3 is 5.32 Å². The number of amides is 1. The van der Waals surface area contributed by atoms with Crippen molar-refractivity contribution in [2.45, 2.75) is 30.8 Å². The fourth-order valence-corrected chi connectivity index (χ4v) is 3.39. The van der Waals surface area contributed by atoms with E-state index in [-0.39, 0.29) is 18.0 Å². The molecule has 0 aliphatic carbocycles. The van der Waals surface area contributed by atoms with E-state index in [0.717, 1.165) is 4.47 Å². The number of carbonyl (C=O) groups is 1. The minimum Gasteiger partial charge on any atom is -0.344 e. The molecular formula is C16H16BrN3O2S. The molecule has 0 radical (unpaired) electrons. The molecular weight excluding hydrogens is 378 g/mol. The first-order chi connectivity index (χ1) is 11.0. The van der Waals surface area contributed by atoms with Gasteiger partial charge in [-0.05, 0) is 32.0 Å². The molecule has 0 aliphatic rings. The van der Waals surface area contributed by atoms with Crippen molar-refractivity contribution in [1.82, 2.24) is 14.9 Å². The van der Waals surface area contributed by atoms with Crippen molar-refractivity contribution in [3.05, 3.63) is 33.0 Å². The molecule has 1 amide bonds. The van der Waals surface area contributed by atoms with Crippen LogP contribution in [0.1, 0.15) is 13.8 Å². The lowest BCUT2D eigenvalue weighted by atomic mass is 10.2. The number of rotatable bonds is 5. The molecule has 1 atom stereocenters. The van der Waals surface area contributed by atoms with Gasteiger partial charge in [0.1, 0.15) is 0 Å². The molecule has 2 aromatic rings. The number of carbonyl (C=O) groups excluding carboxylic acids is 1. The Bertz CT molecular complexity index is 842. The van der Waals surface area contributed by atoms with Crippen LogP contribution in [-0.4, -0.2) is 27.3 Å². The summed E-state index contributed by atoms with van der Waals surface area (Å²) in [6.45, 7) is 4.30. The number of halogens is 1. The van der Waals surface area contributed by atoms with E-state index < -0.39 is 5.25 Å². The Morgan fingerprint density at radius 2 is 2.30 bits per heavy atom. The van der Waals surface area contributed by atoms with Crippen LogP contribution >= 0.6 is 27.7 Å². The molecule has 1 heterocycles. The zero-order valence-corrected chi connectivity index (χ0v) is 15.2. The standard InChI is InChI=1S/C16H16BrN3O2S/c1-4-8-18-14(21)10(3)23-16-19-13-7-6-11(17)9-12(13)15(22)20(16)5-2/h1,6-7,9-10H,5,8H2,2-3H3,(H,18,21). The van der Waals surface area contributed by atoms with E-state index in [1.54, 1.807) is 23.6 Å². The molecule has 0 aliphatic heterocycles. The van der Waals surface area contributed by atoms with E-state index in [1.807, 2.05) is 13.0 Å². The first-order valence-electron chi connectivity index (χ1n) is 7.05. The summed E-state index contributed by atoms with van der Waals surface area (Å²) in [6, 6.07) is 5.38. The maximum absolute atomic E-state index is 12.6. The molecule has 120 valence electrons. The van der Waals surface area contributed by atoms with Crippen molar-refractivity contribution in [3.8, 4) is 12.3 Å². The lowest BCUT2D eigenvalue weighted by Crippen LogP contribution is -2.32. The predicted octanol–water partition coefficient (Wildman–Crippen LogP) is 2.41. The molecule has 5 nitrogen and oxygen atoms in total. The molecule has 0 fully saturated rings. The minimum absolute atomic E-state index is 0.113. The second-order valence-electron chi connectivity index (χ2n) is 4.79. The lowest BCUT2D eigenvalue weighted by molar-refractivity contribution is -0.120. The molecule has 7 heteroatoms. The van der Waals surface area contributed by atoms with Gasteiger partial charge in [0.25, 0.3) is 5.56 Å². The van der Waals surface area contributed by atoms with E-state index >= 15 is 0 Å². The summed E-state index contributed by atoms with van der Waals surface area (Å²) in [6.07, 6.45) is 5.14. The third-order valence-electron chi connectivity index (χ3n) is 3.21. The molecule has 1 N–H and O–H groups in total. The number of thioether (sulfide) groups is 1. The Hall–Kier alpha value is -1.78. The van der Waals surface area contributed by atoms with Crippen molar-refractivity contribution in [1.29, 1.82) is 0 Å². The van der Waals surface area contributed by atoms with Gasteiger partial charge in [-0.3, -0.25) is 14.2 Å². The minimum atomic E-state index is -0.402. The predicted molar refractivity (Wildman–Crippen MR) is 96.5 cm³/mol. The van der Waals surface area contributed by atoms with Gasteiger partial charge in [0.05, 0.1) is 22.7 Å². The van der Waals surface area contributed by atoms with E-state index in [4.69, 9.17) is 6.42 Å². The molecule has 0 bridgehead atoms. The Morgan fingerprint density at radius 3 is 2.96 bits per heavy atom. The van der Waals surface area contributed by atoms with Gasteiger partial charge in [-0.2, -0.15) is 0 Å². The molecule has 2 rings (SSSR count). The number of nitrogens with zero attached hydrogens (tertiary/aromatic N) is 2. The normalized spacial score (nSPS) is 11.9. The number of nitrogens with one attached hydrogen (secondary N) is 1. The number of aromatic nitrogens is 2. The highest BCUT2D eigenvalue weighted by molar-refractivity contribution is 9.10. The average molecular weight is 394 g/mol. The van der Waals surface area contributed by atoms with Crippen LogP contribution in [0.2, 0.25) is 0 Å². The van der Waals surface area contributed by atoms with Crippen molar-refractivity contribution in [2.24, 2.45) is 0 Å². The largest absolute Gasteiger partial charge is 0.344 e. The van der Waals surface area contributed by atoms with E-state index in [1.165, 1.54) is 11.8 Å². The van der Waals surface area contributed by atoms with Gasteiger partial charge in [-0.1, -0.05) is 33.6 Å². The van der Waals surface area contributed by atoms with Crippen LogP contribution in [-0.2, 0) is 11.3 Å². The van der Waals surface area contributed by atoms with Gasteiger partial charge >= 0.3 is 0 Å². The second-order valence-corrected chi connectivity index (χ2v) is 7.01. The van der Waals surface area contributed by atoms with Crippen molar-refractivity contribution in [3.63, 3.8) is 0 Å². The van der Waals surface area contributed by atoms with E-state index in [9.17, 15) is 9.59 Å². The molecule has 23 heavy (non-hydrogen) atoms. The van der Waals surface area contributed by atoms with Crippen LogP contribution in [0.5, 0.6) is 0 Å². The number of hydrogen-bond donors (Lipinski definition) is 1. The van der Waals surface area contributed by atoms with Crippen LogP contribution in [0.4, 0.5) is 0 Å². The molecule has 1 unspecified atom stereocenters. The fraction of sp³-hybridized carbons (Fsp3) is 0.312. The quantitative estimate of drug-likeness (QED) is 0.481. The van der Waals surface area contributed by atoms with Crippen LogP contribution in [0.3, 0.4) is 0 Å². The Labute approximate surface area is 147 Å². The molecule has 1 aromatic carbocycles. The van der Waals surface area contributed by atoms with Crippen LogP contribution in [0.25, 0.3) is 10.9 Å². The summed E-state index contributed by atoms with van der Waals surface area (Å²) in [4.78, 5) is 29.1. The topological polar surface area (TPSA) is 64.0 Å². The summed E-state index contributed by atoms with van der Waals surface area (Å²) in [5.41, 5.74) is 0.499. The van der Waals surface area contributed by atoms with E-state index in [0.29, 0.717) is 22.6 Å². The molecule has 0 saturated heterocycles. The van der Waals surface area contributed by atoms with Crippen LogP contribution in [0, 0.1) is 12.3 Å². The van der Waals surface area contributed by atoms with Crippen LogP contribution < -0.4 is 10.9 Å². The molecule has 0 spiro atoms. The summed E-state index contributed by atoms with van der Waals surface area (Å²) in [5.74, 6) is 2.18. The SMILES string of the molecule is C#CCNC(=O)C(C)Sc1nc2ccc(Br)cc2c(=O)n1CC. The summed E-state index contributed by atoms with van der Waals surface area (Å²) in [7, 11) is 0. The average Bonchev–Trinajstić information content (AvgIpc) is 2.53. The maximum atomic E-state index is 12.6. The highest BCUT2D eigenvalue weighted by Gasteiger charge is 2.18. The first kappa shape index (κ1) is 17.6. The molecule has 1 aromatic heterocycles. The van der Waals surface area contributed by atoms with Crippen molar-refractivity contribution >= 4 is 44.5 Å². The van der Waals surface area contributed by atoms with Gasteiger partial charge in [-0.15, -0.1) is 6.42 Å². The Balaban J connectivity index is 2.41. The number of benzene rings is 1. The molecule has 0 saturated carbocycles. The van der Waals surface area contributed by atoms with Crippen LogP contribution in [0.15, 0.2) is 32.6 Å². The maximum Gasteiger partial charge on any atom is 0.262 e. The third kappa shape index (κ3) is 3.95. The van der Waals surface area contributed by atoms with Gasteiger partial charge in [0, 0.05) is 11.0 Å². The van der Waals surface area contributed by atoms with Gasteiger partial charge in [0.15, 0.2) is 5.16 Å². The monoisotopic (exact) mass is 393 g/mol. The zero-order chi connectivity index (χ0) is 17.0. The highest BCUT2D eigenvalue weighted by Crippen LogP contribution is 2.23. The summed E-state index contributed by atoms with van der Waals surface area (Å²) >= 11 is 4.61. The summed E-state index contributed by atoms with van der Waals surface area (Å²) in [5, 5.41) is 3.30. The first-order valence-corrected chi connectivity index (χ1v) is 8.73. The third-order valence-corrected chi connectivity index (χ3v) is 4.80. The highest BCUT2D eigenvalue weighted by atomic mass is 79.9. The van der Waals surface area contributed by atoms with Gasteiger partial charge in [-0.25, -0.2) is 4.98 Å². The van der Waals surface area contributed by atoms with Gasteiger partial charge in [0.2, 0.25) is 5.91 Å².